The summed E-state index contributed by atoms with van der Waals surface area (Å²) in [7, 11) is 1.30. The van der Waals surface area contributed by atoms with Crippen LogP contribution in [-0.2, 0) is 9.53 Å². The van der Waals surface area contributed by atoms with Gasteiger partial charge >= 0.3 is 5.97 Å². The van der Waals surface area contributed by atoms with E-state index in [2.05, 4.69) is 25.2 Å². The summed E-state index contributed by atoms with van der Waals surface area (Å²) < 4.78 is 4.61. The van der Waals surface area contributed by atoms with Crippen molar-refractivity contribution in [2.24, 2.45) is 0 Å². The van der Waals surface area contributed by atoms with Crippen molar-refractivity contribution >= 4 is 29.3 Å². The summed E-state index contributed by atoms with van der Waals surface area (Å²) >= 11 is 1.09. The second kappa shape index (κ2) is 7.73. The molecule has 1 aromatic carbocycles. The van der Waals surface area contributed by atoms with Crippen molar-refractivity contribution in [3.63, 3.8) is 0 Å². The zero-order valence-electron chi connectivity index (χ0n) is 13.3. The molecule has 0 aliphatic heterocycles. The third-order valence-electron chi connectivity index (χ3n) is 3.07. The van der Waals surface area contributed by atoms with Gasteiger partial charge in [0.1, 0.15) is 5.69 Å². The molecule has 0 radical (unpaired) electrons. The van der Waals surface area contributed by atoms with E-state index in [0.717, 1.165) is 11.8 Å². The minimum Gasteiger partial charge on any atom is -0.465 e. The number of ether oxygens (including phenoxy) is 1. The minimum absolute atomic E-state index is 0.266. The highest BCUT2D eigenvalue weighted by molar-refractivity contribution is 8.00. The first-order chi connectivity index (χ1) is 11.4. The number of esters is 1. The molecule has 0 spiro atoms. The Morgan fingerprint density at radius 3 is 2.50 bits per heavy atom. The van der Waals surface area contributed by atoms with E-state index in [1.54, 1.807) is 38.1 Å². The fourth-order valence-corrected chi connectivity index (χ4v) is 2.44. The number of nitrogens with zero attached hydrogens (tertiary/aromatic N) is 2. The Morgan fingerprint density at radius 1 is 1.25 bits per heavy atom. The Hall–Kier alpha value is -2.68. The number of hydrogen-bond donors (Lipinski definition) is 2. The van der Waals surface area contributed by atoms with E-state index in [1.165, 1.54) is 7.11 Å². The molecule has 1 atom stereocenters. The van der Waals surface area contributed by atoms with Crippen LogP contribution in [0, 0.1) is 6.92 Å². The van der Waals surface area contributed by atoms with Gasteiger partial charge in [-0.2, -0.15) is 0 Å². The maximum atomic E-state index is 12.2. The van der Waals surface area contributed by atoms with Crippen LogP contribution in [0.15, 0.2) is 34.2 Å². The number of carbonyl (C=O) groups excluding carboxylic acids is 2. The number of thioether (sulfide) groups is 1. The SMILES string of the molecule is COC(=O)c1ccc(NC(=O)[C@@H](C)Sc2nnc(C)c(=O)[nH]2)cc1. The largest absolute Gasteiger partial charge is 0.465 e. The molecular weight excluding hydrogens is 332 g/mol. The van der Waals surface area contributed by atoms with Crippen LogP contribution in [0.1, 0.15) is 23.0 Å². The second-order valence-electron chi connectivity index (χ2n) is 4.86. The highest BCUT2D eigenvalue weighted by Gasteiger charge is 2.17. The zero-order chi connectivity index (χ0) is 17.7. The van der Waals surface area contributed by atoms with Gasteiger partial charge in [0.15, 0.2) is 5.16 Å². The Bertz CT molecular complexity index is 804. The van der Waals surface area contributed by atoms with Gasteiger partial charge in [0.2, 0.25) is 5.91 Å². The van der Waals surface area contributed by atoms with Crippen molar-refractivity contribution < 1.29 is 14.3 Å². The van der Waals surface area contributed by atoms with Crippen molar-refractivity contribution in [3.05, 3.63) is 45.9 Å². The number of anilines is 1. The van der Waals surface area contributed by atoms with E-state index in [9.17, 15) is 14.4 Å². The van der Waals surface area contributed by atoms with Crippen LogP contribution < -0.4 is 10.9 Å². The van der Waals surface area contributed by atoms with Crippen LogP contribution in [0.5, 0.6) is 0 Å². The Kier molecular flexibility index (Phi) is 5.69. The van der Waals surface area contributed by atoms with E-state index in [1.807, 2.05) is 0 Å². The Morgan fingerprint density at radius 2 is 1.92 bits per heavy atom. The van der Waals surface area contributed by atoms with Crippen molar-refractivity contribution in [1.82, 2.24) is 15.2 Å². The molecule has 2 aromatic rings. The lowest BCUT2D eigenvalue weighted by Gasteiger charge is -2.11. The van der Waals surface area contributed by atoms with E-state index >= 15 is 0 Å². The minimum atomic E-state index is -0.502. The van der Waals surface area contributed by atoms with Crippen LogP contribution in [0.2, 0.25) is 0 Å². The van der Waals surface area contributed by atoms with Gasteiger partial charge in [0.05, 0.1) is 17.9 Å². The molecular formula is C15H16N4O4S. The van der Waals surface area contributed by atoms with Crippen LogP contribution >= 0.6 is 11.8 Å². The van der Waals surface area contributed by atoms with Crippen molar-refractivity contribution in [2.75, 3.05) is 12.4 Å². The van der Waals surface area contributed by atoms with Crippen LogP contribution in [0.3, 0.4) is 0 Å². The van der Waals surface area contributed by atoms with Gasteiger partial charge in [-0.3, -0.25) is 14.6 Å². The Labute approximate surface area is 142 Å². The number of aryl methyl sites for hydroxylation is 1. The quantitative estimate of drug-likeness (QED) is 0.620. The summed E-state index contributed by atoms with van der Waals surface area (Å²) in [6.07, 6.45) is 0. The number of carbonyl (C=O) groups is 2. The molecule has 9 heteroatoms. The lowest BCUT2D eigenvalue weighted by atomic mass is 10.2. The maximum Gasteiger partial charge on any atom is 0.337 e. The number of aromatic amines is 1. The van der Waals surface area contributed by atoms with Crippen molar-refractivity contribution in [2.45, 2.75) is 24.3 Å². The molecule has 0 aliphatic carbocycles. The summed E-state index contributed by atoms with van der Waals surface area (Å²) in [5, 5.41) is 10.0. The standard InChI is InChI=1S/C15H16N4O4S/c1-8-12(20)17-15(19-18-8)24-9(2)13(21)16-11-6-4-10(5-7-11)14(22)23-3/h4-7,9H,1-3H3,(H,16,21)(H,17,19,20)/t9-/m1/s1. The molecule has 8 nitrogen and oxygen atoms in total. The number of amides is 1. The molecule has 24 heavy (non-hydrogen) atoms. The van der Waals surface area contributed by atoms with E-state index in [4.69, 9.17) is 0 Å². The van der Waals surface area contributed by atoms with E-state index < -0.39 is 11.2 Å². The van der Waals surface area contributed by atoms with Gasteiger partial charge in [-0.05, 0) is 38.1 Å². The average Bonchev–Trinajstić information content (AvgIpc) is 2.58. The molecule has 1 amide bonds. The molecule has 2 rings (SSSR count). The predicted molar refractivity (Wildman–Crippen MR) is 89.1 cm³/mol. The summed E-state index contributed by atoms with van der Waals surface area (Å²) in [5.41, 5.74) is 0.870. The first kappa shape index (κ1) is 17.7. The highest BCUT2D eigenvalue weighted by Crippen LogP contribution is 2.19. The lowest BCUT2D eigenvalue weighted by Crippen LogP contribution is -2.23. The third kappa shape index (κ3) is 4.42. The highest BCUT2D eigenvalue weighted by atomic mass is 32.2. The topological polar surface area (TPSA) is 114 Å². The number of hydrogen-bond acceptors (Lipinski definition) is 7. The molecule has 0 saturated heterocycles. The smallest absolute Gasteiger partial charge is 0.337 e. The molecule has 1 heterocycles. The van der Waals surface area contributed by atoms with Gasteiger partial charge in [0, 0.05) is 5.69 Å². The van der Waals surface area contributed by atoms with E-state index in [-0.39, 0.29) is 22.3 Å². The second-order valence-corrected chi connectivity index (χ2v) is 6.19. The predicted octanol–water partition coefficient (Wildman–Crippen LogP) is 1.38. The molecule has 1 aromatic heterocycles. The first-order valence-corrected chi connectivity index (χ1v) is 7.88. The van der Waals surface area contributed by atoms with Gasteiger partial charge < -0.3 is 10.1 Å². The maximum absolute atomic E-state index is 12.2. The monoisotopic (exact) mass is 348 g/mol. The number of H-pyrrole nitrogens is 1. The van der Waals surface area contributed by atoms with Crippen LogP contribution in [0.4, 0.5) is 5.69 Å². The van der Waals surface area contributed by atoms with Crippen molar-refractivity contribution in [1.29, 1.82) is 0 Å². The van der Waals surface area contributed by atoms with Crippen molar-refractivity contribution in [3.8, 4) is 0 Å². The number of methoxy groups -OCH3 is 1. The number of benzene rings is 1. The summed E-state index contributed by atoms with van der Waals surface area (Å²) in [5.74, 6) is -0.715. The number of rotatable bonds is 5. The molecule has 0 aliphatic rings. The van der Waals surface area contributed by atoms with Gasteiger partial charge in [0.25, 0.3) is 5.56 Å². The molecule has 126 valence electrons. The first-order valence-electron chi connectivity index (χ1n) is 7.00. The third-order valence-corrected chi connectivity index (χ3v) is 4.05. The molecule has 0 fully saturated rings. The summed E-state index contributed by atoms with van der Waals surface area (Å²) in [6.45, 7) is 3.23. The number of aromatic nitrogens is 3. The molecule has 0 saturated carbocycles. The van der Waals surface area contributed by atoms with Gasteiger partial charge in [-0.25, -0.2) is 4.79 Å². The zero-order valence-corrected chi connectivity index (χ0v) is 14.1. The lowest BCUT2D eigenvalue weighted by molar-refractivity contribution is -0.115. The van der Waals surface area contributed by atoms with Gasteiger partial charge in [-0.15, -0.1) is 10.2 Å². The summed E-state index contributed by atoms with van der Waals surface area (Å²) in [4.78, 5) is 37.6. The van der Waals surface area contributed by atoms with Crippen LogP contribution in [-0.4, -0.2) is 39.4 Å². The molecule has 0 unspecified atom stereocenters. The number of nitrogens with one attached hydrogen (secondary N) is 2. The summed E-state index contributed by atoms with van der Waals surface area (Å²) in [6, 6.07) is 6.33. The molecule has 2 N–H and O–H groups in total. The fourth-order valence-electron chi connectivity index (χ4n) is 1.70. The van der Waals surface area contributed by atoms with E-state index in [0.29, 0.717) is 11.3 Å². The van der Waals surface area contributed by atoms with Crippen LogP contribution in [0.25, 0.3) is 0 Å². The fraction of sp³-hybridized carbons (Fsp3) is 0.267. The Balaban J connectivity index is 1.99. The molecule has 0 bridgehead atoms. The van der Waals surface area contributed by atoms with Gasteiger partial charge in [-0.1, -0.05) is 11.8 Å². The average molecular weight is 348 g/mol. The normalized spacial score (nSPS) is 11.6.